The third kappa shape index (κ3) is 5.39. The molecule has 1 atom stereocenters. The molecule has 0 bridgehead atoms. The minimum Gasteiger partial charge on any atom is -0.325 e. The van der Waals surface area contributed by atoms with E-state index in [1.165, 1.54) is 11.8 Å². The van der Waals surface area contributed by atoms with E-state index in [1.807, 2.05) is 66.1 Å². The Morgan fingerprint density at radius 1 is 1.06 bits per heavy atom. The summed E-state index contributed by atoms with van der Waals surface area (Å²) in [5, 5.41) is 12.1. The first-order valence-corrected chi connectivity index (χ1v) is 11.4. The summed E-state index contributed by atoms with van der Waals surface area (Å²) in [6.07, 6.45) is 3.50. The molecule has 0 spiro atoms. The summed E-state index contributed by atoms with van der Waals surface area (Å²) in [5.74, 6) is 0.629. The van der Waals surface area contributed by atoms with Gasteiger partial charge < -0.3 is 5.32 Å². The number of hydrogen-bond acceptors (Lipinski definition) is 5. The van der Waals surface area contributed by atoms with Crippen LogP contribution < -0.4 is 5.32 Å². The van der Waals surface area contributed by atoms with E-state index in [1.54, 1.807) is 12.4 Å². The summed E-state index contributed by atoms with van der Waals surface area (Å²) in [5.41, 5.74) is 2.76. The molecule has 31 heavy (non-hydrogen) atoms. The standard InChI is InChI=1S/C23H20BrN5OS/c1-16(22(30)26-20-11-9-19(24)10-12-20)31-23-28-27-21(18-8-5-13-25-14-18)29(23)15-17-6-3-2-4-7-17/h2-14,16H,15H2,1H3,(H,26,30). The van der Waals surface area contributed by atoms with Crippen molar-refractivity contribution >= 4 is 39.3 Å². The van der Waals surface area contributed by atoms with Crippen LogP contribution in [0.3, 0.4) is 0 Å². The maximum absolute atomic E-state index is 12.7. The number of hydrogen-bond donors (Lipinski definition) is 1. The number of benzene rings is 2. The second kappa shape index (κ2) is 9.89. The zero-order valence-corrected chi connectivity index (χ0v) is 19.2. The van der Waals surface area contributed by atoms with Crippen molar-refractivity contribution in [2.45, 2.75) is 23.9 Å². The quantitative estimate of drug-likeness (QED) is 0.355. The first-order valence-electron chi connectivity index (χ1n) is 9.71. The molecule has 6 nitrogen and oxygen atoms in total. The van der Waals surface area contributed by atoms with Crippen molar-refractivity contribution in [2.24, 2.45) is 0 Å². The van der Waals surface area contributed by atoms with Crippen LogP contribution in [0.5, 0.6) is 0 Å². The lowest BCUT2D eigenvalue weighted by molar-refractivity contribution is -0.115. The van der Waals surface area contributed by atoms with Crippen LogP contribution in [0.1, 0.15) is 12.5 Å². The van der Waals surface area contributed by atoms with Crippen molar-refractivity contribution < 1.29 is 4.79 Å². The number of amides is 1. The van der Waals surface area contributed by atoms with Crippen molar-refractivity contribution in [3.63, 3.8) is 0 Å². The van der Waals surface area contributed by atoms with Gasteiger partial charge in [0.2, 0.25) is 5.91 Å². The lowest BCUT2D eigenvalue weighted by Gasteiger charge is -2.14. The van der Waals surface area contributed by atoms with Crippen LogP contribution in [0.15, 0.2) is 88.8 Å². The maximum Gasteiger partial charge on any atom is 0.237 e. The largest absolute Gasteiger partial charge is 0.325 e. The van der Waals surface area contributed by atoms with Crippen LogP contribution in [0, 0.1) is 0 Å². The third-order valence-corrected chi connectivity index (χ3v) is 6.19. The highest BCUT2D eigenvalue weighted by Gasteiger charge is 2.21. The first kappa shape index (κ1) is 21.3. The topological polar surface area (TPSA) is 72.7 Å². The van der Waals surface area contributed by atoms with E-state index in [9.17, 15) is 4.79 Å². The highest BCUT2D eigenvalue weighted by Crippen LogP contribution is 2.28. The molecular weight excluding hydrogens is 474 g/mol. The van der Waals surface area contributed by atoms with Crippen LogP contribution in [0.25, 0.3) is 11.4 Å². The smallest absolute Gasteiger partial charge is 0.237 e. The Labute approximate surface area is 193 Å². The van der Waals surface area contributed by atoms with Crippen molar-refractivity contribution in [2.75, 3.05) is 5.32 Å². The van der Waals surface area contributed by atoms with Crippen LogP contribution >= 0.6 is 27.7 Å². The molecule has 1 unspecified atom stereocenters. The van der Waals surface area contributed by atoms with Gasteiger partial charge in [0.25, 0.3) is 0 Å². The summed E-state index contributed by atoms with van der Waals surface area (Å²) >= 11 is 4.79. The number of carbonyl (C=O) groups excluding carboxylic acids is 1. The fourth-order valence-corrected chi connectivity index (χ4v) is 4.09. The van der Waals surface area contributed by atoms with Gasteiger partial charge in [0.15, 0.2) is 11.0 Å². The van der Waals surface area contributed by atoms with Gasteiger partial charge in [-0.25, -0.2) is 0 Å². The van der Waals surface area contributed by atoms with Crippen molar-refractivity contribution in [1.29, 1.82) is 0 Å². The summed E-state index contributed by atoms with van der Waals surface area (Å²) in [6, 6.07) is 21.4. The molecule has 0 radical (unpaired) electrons. The molecule has 2 aromatic heterocycles. The van der Waals surface area contributed by atoms with Gasteiger partial charge in [-0.15, -0.1) is 10.2 Å². The van der Waals surface area contributed by atoms with E-state index in [0.717, 1.165) is 27.1 Å². The van der Waals surface area contributed by atoms with E-state index in [4.69, 9.17) is 0 Å². The number of rotatable bonds is 7. The summed E-state index contributed by atoms with van der Waals surface area (Å²) in [7, 11) is 0. The predicted octanol–water partition coefficient (Wildman–Crippen LogP) is 5.27. The average Bonchev–Trinajstić information content (AvgIpc) is 3.18. The van der Waals surface area contributed by atoms with Gasteiger partial charge in [-0.3, -0.25) is 14.3 Å². The maximum atomic E-state index is 12.7. The van der Waals surface area contributed by atoms with Gasteiger partial charge in [0.05, 0.1) is 11.8 Å². The van der Waals surface area contributed by atoms with Crippen LogP contribution in [-0.2, 0) is 11.3 Å². The first-order chi connectivity index (χ1) is 15.1. The van der Waals surface area contributed by atoms with Crippen molar-refractivity contribution in [3.05, 3.63) is 89.2 Å². The fraction of sp³-hybridized carbons (Fsp3) is 0.130. The lowest BCUT2D eigenvalue weighted by Crippen LogP contribution is -2.23. The monoisotopic (exact) mass is 493 g/mol. The Morgan fingerprint density at radius 3 is 2.55 bits per heavy atom. The summed E-state index contributed by atoms with van der Waals surface area (Å²) in [6.45, 7) is 2.46. The zero-order valence-electron chi connectivity index (χ0n) is 16.8. The zero-order chi connectivity index (χ0) is 21.6. The van der Waals surface area contributed by atoms with E-state index < -0.39 is 0 Å². The Kier molecular flexibility index (Phi) is 6.79. The molecule has 0 saturated carbocycles. The molecule has 0 aliphatic heterocycles. The molecule has 156 valence electrons. The van der Waals surface area contributed by atoms with Gasteiger partial charge in [-0.1, -0.05) is 58.0 Å². The number of nitrogens with zero attached hydrogens (tertiary/aromatic N) is 4. The Morgan fingerprint density at radius 2 is 1.84 bits per heavy atom. The molecule has 4 aromatic rings. The molecule has 2 heterocycles. The van der Waals surface area contributed by atoms with Gasteiger partial charge in [0.1, 0.15) is 0 Å². The molecule has 2 aromatic carbocycles. The molecule has 0 aliphatic rings. The highest BCUT2D eigenvalue weighted by atomic mass is 79.9. The number of pyridine rings is 1. The number of thioether (sulfide) groups is 1. The van der Waals surface area contributed by atoms with E-state index in [2.05, 4.69) is 48.6 Å². The SMILES string of the molecule is CC(Sc1nnc(-c2cccnc2)n1Cc1ccccc1)C(=O)Nc1ccc(Br)cc1. The summed E-state index contributed by atoms with van der Waals surface area (Å²) < 4.78 is 2.99. The molecule has 1 amide bonds. The number of aromatic nitrogens is 4. The number of nitrogens with one attached hydrogen (secondary N) is 1. The van der Waals surface area contributed by atoms with E-state index in [-0.39, 0.29) is 11.2 Å². The normalized spacial score (nSPS) is 11.8. The Bertz CT molecular complexity index is 1150. The van der Waals surface area contributed by atoms with Crippen LogP contribution in [-0.4, -0.2) is 30.9 Å². The summed E-state index contributed by atoms with van der Waals surface area (Å²) in [4.78, 5) is 16.9. The minimum absolute atomic E-state index is 0.0930. The Hall–Kier alpha value is -2.97. The Balaban J connectivity index is 1.57. The molecule has 0 saturated heterocycles. The minimum atomic E-state index is -0.357. The third-order valence-electron chi connectivity index (χ3n) is 4.58. The van der Waals surface area contributed by atoms with Crippen LogP contribution in [0.4, 0.5) is 5.69 Å². The average molecular weight is 494 g/mol. The second-order valence-corrected chi connectivity index (χ2v) is 9.10. The molecule has 8 heteroatoms. The van der Waals surface area contributed by atoms with Gasteiger partial charge in [-0.2, -0.15) is 0 Å². The van der Waals surface area contributed by atoms with Gasteiger partial charge >= 0.3 is 0 Å². The van der Waals surface area contributed by atoms with Crippen LogP contribution in [0.2, 0.25) is 0 Å². The molecule has 0 aliphatic carbocycles. The lowest BCUT2D eigenvalue weighted by atomic mass is 10.2. The number of carbonyl (C=O) groups is 1. The second-order valence-electron chi connectivity index (χ2n) is 6.88. The molecule has 0 fully saturated rings. The molecule has 4 rings (SSSR count). The van der Waals surface area contributed by atoms with E-state index in [0.29, 0.717) is 11.7 Å². The molecule has 1 N–H and O–H groups in total. The van der Waals surface area contributed by atoms with Gasteiger partial charge in [-0.05, 0) is 48.9 Å². The van der Waals surface area contributed by atoms with Gasteiger partial charge in [0, 0.05) is 28.1 Å². The number of anilines is 1. The molecular formula is C23H20BrN5OS. The number of halogens is 1. The van der Waals surface area contributed by atoms with E-state index >= 15 is 0 Å². The highest BCUT2D eigenvalue weighted by molar-refractivity contribution is 9.10. The van der Waals surface area contributed by atoms with Crippen molar-refractivity contribution in [3.8, 4) is 11.4 Å². The fourth-order valence-electron chi connectivity index (χ4n) is 2.98. The predicted molar refractivity (Wildman–Crippen MR) is 127 cm³/mol. The van der Waals surface area contributed by atoms with Crippen molar-refractivity contribution in [1.82, 2.24) is 19.7 Å².